The van der Waals surface area contributed by atoms with Crippen LogP contribution in [0, 0.1) is 132 Å². The zero-order chi connectivity index (χ0) is 46.0. The number of benzene rings is 4. The molecule has 0 bridgehead atoms. The van der Waals surface area contributed by atoms with Crippen LogP contribution in [0.5, 0.6) is 0 Å². The minimum absolute atomic E-state index is 1.04. The van der Waals surface area contributed by atoms with Crippen LogP contribution in [0.15, 0.2) is 48.5 Å². The summed E-state index contributed by atoms with van der Waals surface area (Å²) in [5, 5.41) is 4.77. The topological polar surface area (TPSA) is 0 Å². The molecule has 6 aromatic heterocycles. The normalized spacial score (nSPS) is 11.5. The highest BCUT2D eigenvalue weighted by molar-refractivity contribution is 7.38. The lowest BCUT2D eigenvalue weighted by Gasteiger charge is -2.10. The molecule has 0 N–H and O–H groups in total. The van der Waals surface area contributed by atoms with Gasteiger partial charge in [-0.2, -0.15) is 0 Å². The summed E-state index contributed by atoms with van der Waals surface area (Å²) in [7, 11) is 0. The molecule has 0 radical (unpaired) electrons. The van der Waals surface area contributed by atoms with Crippen molar-refractivity contribution in [2.75, 3.05) is 0 Å². The molecule has 6 heterocycles. The molecule has 0 unspecified atom stereocenters. The van der Waals surface area contributed by atoms with E-state index in [1.807, 2.05) is 22.7 Å². The lowest BCUT2D eigenvalue weighted by molar-refractivity contribution is 1.33. The van der Waals surface area contributed by atoms with Crippen LogP contribution in [0.3, 0.4) is 0 Å². The van der Waals surface area contributed by atoms with E-state index in [4.69, 9.17) is 0 Å². The van der Waals surface area contributed by atoms with E-state index >= 15 is 0 Å². The first-order valence-electron chi connectivity index (χ1n) is 22.1. The molecular formula is C60H44S6. The number of aryl methyl sites for hydroxylation is 12. The lowest BCUT2D eigenvalue weighted by Crippen LogP contribution is -1.88. The first-order chi connectivity index (χ1) is 31.7. The zero-order valence-corrected chi connectivity index (χ0v) is 44.0. The summed E-state index contributed by atoms with van der Waals surface area (Å²) in [4.78, 5) is 5.10. The van der Waals surface area contributed by atoms with Gasteiger partial charge in [-0.05, 0) is 198 Å². The second-order valence-corrected chi connectivity index (χ2v) is 24.3. The van der Waals surface area contributed by atoms with Gasteiger partial charge in [-0.25, -0.2) is 0 Å². The molecule has 6 heteroatoms. The van der Waals surface area contributed by atoms with Crippen LogP contribution in [0.25, 0.3) is 101 Å². The van der Waals surface area contributed by atoms with Crippen LogP contribution in [0.1, 0.15) is 66.8 Å². The minimum atomic E-state index is 1.04. The number of rotatable bonds is 4. The molecule has 0 aliphatic rings. The van der Waals surface area contributed by atoms with Crippen molar-refractivity contribution in [1.29, 1.82) is 0 Å². The van der Waals surface area contributed by atoms with E-state index in [-0.39, 0.29) is 0 Å². The Balaban J connectivity index is 1.28. The van der Waals surface area contributed by atoms with Gasteiger partial charge in [0.05, 0.1) is 57.1 Å². The Labute approximate surface area is 412 Å². The van der Waals surface area contributed by atoms with Crippen molar-refractivity contribution >= 4 is 127 Å². The summed E-state index contributed by atoms with van der Waals surface area (Å²) in [6, 6.07) is 46.9. The van der Waals surface area contributed by atoms with Gasteiger partial charge in [0.1, 0.15) is 0 Å². The van der Waals surface area contributed by atoms with Crippen LogP contribution < -0.4 is 0 Å². The van der Waals surface area contributed by atoms with Crippen LogP contribution in [0.2, 0.25) is 0 Å². The Morgan fingerprint density at radius 3 is 0.621 bits per heavy atom. The maximum Gasteiger partial charge on any atom is 0.0879 e. The fraction of sp³-hybridized carbons (Fsp3) is 0.200. The molecule has 0 aliphatic heterocycles. The fourth-order valence-electron chi connectivity index (χ4n) is 10.7. The molecule has 0 spiro atoms. The first kappa shape index (κ1) is 43.0. The molecule has 5 aromatic carbocycles. The average Bonchev–Trinajstić information content (AvgIpc) is 4.05. The SMILES string of the molecule is Cc1cc(C)c(-c2sc3c#cc#cc4sc(-c5c(C)cc(C)cc5C)c5sc6c(-c7c(C)cc(C)cc7C)sc(c#cc#cc7sc(-c8c(C)cc(C)cc8C)c8sc2c3c78)c6c45)c(C)c1. The van der Waals surface area contributed by atoms with E-state index in [0.29, 0.717) is 0 Å². The van der Waals surface area contributed by atoms with E-state index in [2.05, 4.69) is 180 Å². The third-order valence-corrected chi connectivity index (χ3v) is 20.3. The molecule has 66 heavy (non-hydrogen) atoms. The average molecular weight is 957 g/mol. The van der Waals surface area contributed by atoms with Gasteiger partial charge in [-0.15, -0.1) is 68.0 Å². The Morgan fingerprint density at radius 2 is 0.439 bits per heavy atom. The molecule has 0 atom stereocenters. The summed E-state index contributed by atoms with van der Waals surface area (Å²) in [5.74, 6) is 0. The fourth-order valence-corrected chi connectivity index (χ4v) is 19.3. The lowest BCUT2D eigenvalue weighted by atomic mass is 9.97. The van der Waals surface area contributed by atoms with Crippen molar-refractivity contribution in [3.8, 4) is 41.8 Å². The smallest absolute Gasteiger partial charge is 0.0879 e. The second-order valence-electron chi connectivity index (χ2n) is 18.2. The number of thiophene rings is 6. The predicted molar refractivity (Wildman–Crippen MR) is 294 cm³/mol. The van der Waals surface area contributed by atoms with E-state index in [0.717, 1.165) is 18.8 Å². The zero-order valence-electron chi connectivity index (χ0n) is 39.1. The highest BCUT2D eigenvalue weighted by Crippen LogP contribution is 2.56. The van der Waals surface area contributed by atoms with Crippen LogP contribution in [-0.4, -0.2) is 0 Å². The molecule has 0 saturated heterocycles. The summed E-state index contributed by atoms with van der Waals surface area (Å²) in [5.41, 5.74) is 20.6. The van der Waals surface area contributed by atoms with Gasteiger partial charge in [0.2, 0.25) is 0 Å². The van der Waals surface area contributed by atoms with E-state index in [9.17, 15) is 0 Å². The van der Waals surface area contributed by atoms with Crippen molar-refractivity contribution < 1.29 is 0 Å². The quantitative estimate of drug-likeness (QED) is 0.165. The third kappa shape index (κ3) is 6.77. The maximum atomic E-state index is 3.67. The monoisotopic (exact) mass is 956 g/mol. The summed E-state index contributed by atoms with van der Waals surface area (Å²) in [6.07, 6.45) is 0. The van der Waals surface area contributed by atoms with Gasteiger partial charge in [0.25, 0.3) is 0 Å². The van der Waals surface area contributed by atoms with Gasteiger partial charge in [0, 0.05) is 21.5 Å². The largest absolute Gasteiger partial charge is 0.132 e. The van der Waals surface area contributed by atoms with Crippen molar-refractivity contribution in [3.05, 3.63) is 164 Å². The van der Waals surface area contributed by atoms with E-state index in [1.165, 1.54) is 149 Å². The summed E-state index contributed by atoms with van der Waals surface area (Å²) < 4.78 is 9.25. The van der Waals surface area contributed by atoms with E-state index in [1.54, 1.807) is 45.3 Å². The van der Waals surface area contributed by atoms with Crippen LogP contribution in [0.4, 0.5) is 0 Å². The highest BCUT2D eigenvalue weighted by atomic mass is 32.1. The Hall–Kier alpha value is -5.64. The van der Waals surface area contributed by atoms with Crippen LogP contribution in [-0.2, 0) is 0 Å². The second kappa shape index (κ2) is 16.0. The molecule has 320 valence electrons. The van der Waals surface area contributed by atoms with Gasteiger partial charge in [0.15, 0.2) is 0 Å². The predicted octanol–water partition coefficient (Wildman–Crippen LogP) is 19.4. The summed E-state index contributed by atoms with van der Waals surface area (Å²) >= 11 is 11.0. The molecule has 11 rings (SSSR count). The highest BCUT2D eigenvalue weighted by Gasteiger charge is 2.27. The molecule has 0 saturated carbocycles. The van der Waals surface area contributed by atoms with Crippen molar-refractivity contribution in [1.82, 2.24) is 0 Å². The van der Waals surface area contributed by atoms with Crippen molar-refractivity contribution in [3.63, 3.8) is 0 Å². The number of hydrogen-bond acceptors (Lipinski definition) is 6. The molecular weight excluding hydrogens is 913 g/mol. The first-order valence-corrected chi connectivity index (χ1v) is 27.0. The Morgan fingerprint density at radius 1 is 0.258 bits per heavy atom. The van der Waals surface area contributed by atoms with Gasteiger partial charge in [-0.1, -0.05) is 70.8 Å². The Bertz CT molecular complexity index is 3350. The van der Waals surface area contributed by atoms with Gasteiger partial charge < -0.3 is 0 Å². The van der Waals surface area contributed by atoms with E-state index < -0.39 is 0 Å². The molecule has 0 amide bonds. The van der Waals surface area contributed by atoms with Gasteiger partial charge in [-0.3, -0.25) is 0 Å². The van der Waals surface area contributed by atoms with Crippen molar-refractivity contribution in [2.24, 2.45) is 0 Å². The number of hydrogen-bond donors (Lipinski definition) is 0. The maximum absolute atomic E-state index is 3.67. The molecule has 0 fully saturated rings. The third-order valence-electron chi connectivity index (χ3n) is 12.8. The molecule has 11 aromatic rings. The molecule has 0 nitrogen and oxygen atoms in total. The standard InChI is InChI=1S/C60H44S6/c1-29-21-33(5)45(34(6)22-29)53-57-49-41(61-53)17-13-14-19-43-51-52-44(20-16-15-18-42-50(49)58(65-57)54(62-42)46-35(7)23-30(2)24-36(46)8)64-56(48-39(11)27-32(4)28-40(48)12)60(52)66-59(51)55(63-43)47-37(9)25-31(3)26-38(47)10/h21-28H,1-12H3. The van der Waals surface area contributed by atoms with Crippen LogP contribution >= 0.6 is 68.0 Å². The van der Waals surface area contributed by atoms with Crippen molar-refractivity contribution in [2.45, 2.75) is 83.1 Å². The Kier molecular flexibility index (Phi) is 10.4. The summed E-state index contributed by atoms with van der Waals surface area (Å²) in [6.45, 7) is 26.7. The minimum Gasteiger partial charge on any atom is -0.132 e. The molecule has 0 aliphatic carbocycles. The van der Waals surface area contributed by atoms with Gasteiger partial charge >= 0.3 is 0 Å².